The van der Waals surface area contributed by atoms with Gasteiger partial charge in [0.1, 0.15) is 0 Å². The topological polar surface area (TPSA) is 67.4 Å². The Labute approximate surface area is 173 Å². The van der Waals surface area contributed by atoms with Crippen LogP contribution < -0.4 is 10.6 Å². The normalized spacial score (nSPS) is 14.4. The number of carbonyl (C=O) groups is 2. The quantitative estimate of drug-likeness (QED) is 0.433. The lowest BCUT2D eigenvalue weighted by molar-refractivity contribution is 0.0602. The number of nitrogens with one attached hydrogen (secondary N) is 2. The number of rotatable bonds is 4. The monoisotopic (exact) mass is 478 g/mol. The van der Waals surface area contributed by atoms with Crippen LogP contribution in [0.3, 0.4) is 0 Å². The van der Waals surface area contributed by atoms with Crippen LogP contribution in [0.1, 0.15) is 53.9 Å². The summed E-state index contributed by atoms with van der Waals surface area (Å²) in [5, 5.41) is 5.66. The van der Waals surface area contributed by atoms with E-state index in [0.717, 1.165) is 27.7 Å². The van der Waals surface area contributed by atoms with Gasteiger partial charge in [-0.25, -0.2) is 9.59 Å². The lowest BCUT2D eigenvalue weighted by Gasteiger charge is -2.23. The Morgan fingerprint density at radius 1 is 1.00 bits per heavy atom. The summed E-state index contributed by atoms with van der Waals surface area (Å²) >= 11 is 2.17. The third kappa shape index (κ3) is 5.00. The maximum atomic E-state index is 12.5. The van der Waals surface area contributed by atoms with Gasteiger partial charge in [-0.15, -0.1) is 0 Å². The van der Waals surface area contributed by atoms with E-state index in [9.17, 15) is 9.59 Å². The fraction of sp³-hybridized carbons (Fsp3) is 0.333. The van der Waals surface area contributed by atoms with Crippen LogP contribution >= 0.6 is 22.6 Å². The smallest absolute Gasteiger partial charge is 0.339 e. The zero-order valence-corrected chi connectivity index (χ0v) is 17.4. The molecule has 0 heterocycles. The molecule has 0 aliphatic heterocycles. The number of methoxy groups -OCH3 is 1. The minimum Gasteiger partial charge on any atom is -0.465 e. The van der Waals surface area contributed by atoms with Crippen molar-refractivity contribution in [2.75, 3.05) is 17.7 Å². The van der Waals surface area contributed by atoms with E-state index in [1.807, 2.05) is 36.4 Å². The average Bonchev–Trinajstić information content (AvgIpc) is 2.70. The van der Waals surface area contributed by atoms with E-state index in [2.05, 4.69) is 33.2 Å². The molecular formula is C21H23IN2O3. The first kappa shape index (κ1) is 19.7. The Balaban J connectivity index is 1.83. The molecule has 0 radical (unpaired) electrons. The minimum atomic E-state index is -0.463. The molecule has 0 saturated heterocycles. The molecule has 1 saturated carbocycles. The fourth-order valence-electron chi connectivity index (χ4n) is 3.48. The molecule has 0 bridgehead atoms. The standard InChI is InChI=1S/C21H23IN2O3/c1-27-20(25)16-12-11-15(14-7-3-2-4-8-14)13-19(16)24-21(26)23-18-10-6-5-9-17(18)22/h5-6,9-14H,2-4,7-8H2,1H3,(H2,23,24,26). The molecule has 2 N–H and O–H groups in total. The van der Waals surface area contributed by atoms with E-state index < -0.39 is 5.97 Å². The van der Waals surface area contributed by atoms with Gasteiger partial charge in [-0.1, -0.05) is 37.5 Å². The highest BCUT2D eigenvalue weighted by Crippen LogP contribution is 2.34. The van der Waals surface area contributed by atoms with Gasteiger partial charge in [0.15, 0.2) is 0 Å². The Morgan fingerprint density at radius 3 is 2.41 bits per heavy atom. The summed E-state index contributed by atoms with van der Waals surface area (Å²) < 4.78 is 5.81. The van der Waals surface area contributed by atoms with Crippen LogP contribution in [0.15, 0.2) is 42.5 Å². The number of esters is 1. The van der Waals surface area contributed by atoms with Crippen molar-refractivity contribution in [1.82, 2.24) is 0 Å². The predicted molar refractivity (Wildman–Crippen MR) is 115 cm³/mol. The molecule has 0 spiro atoms. The van der Waals surface area contributed by atoms with Crippen molar-refractivity contribution in [2.45, 2.75) is 38.0 Å². The molecular weight excluding hydrogens is 455 g/mol. The summed E-state index contributed by atoms with van der Waals surface area (Å²) in [5.74, 6) is 0.0129. The molecule has 6 heteroatoms. The van der Waals surface area contributed by atoms with Gasteiger partial charge in [-0.3, -0.25) is 0 Å². The first-order valence-electron chi connectivity index (χ1n) is 9.13. The van der Waals surface area contributed by atoms with Gasteiger partial charge < -0.3 is 15.4 Å². The zero-order valence-electron chi connectivity index (χ0n) is 15.3. The van der Waals surface area contributed by atoms with Crippen molar-refractivity contribution >= 4 is 46.0 Å². The van der Waals surface area contributed by atoms with Crippen molar-refractivity contribution in [1.29, 1.82) is 0 Å². The molecule has 1 fully saturated rings. The lowest BCUT2D eigenvalue weighted by Crippen LogP contribution is -2.22. The number of halogens is 1. The summed E-state index contributed by atoms with van der Waals surface area (Å²) in [6, 6.07) is 12.8. The van der Waals surface area contributed by atoms with Crippen LogP contribution in [0, 0.1) is 3.57 Å². The predicted octanol–water partition coefficient (Wildman–Crippen LogP) is 5.77. The second kappa shape index (κ2) is 9.21. The molecule has 2 aromatic rings. The molecule has 142 valence electrons. The molecule has 2 amide bonds. The largest absolute Gasteiger partial charge is 0.465 e. The van der Waals surface area contributed by atoms with Crippen LogP contribution in [0.25, 0.3) is 0 Å². The summed E-state index contributed by atoms with van der Waals surface area (Å²) in [6.45, 7) is 0. The molecule has 3 rings (SSSR count). The fourth-order valence-corrected chi connectivity index (χ4v) is 4.00. The number of carbonyl (C=O) groups excluding carboxylic acids is 2. The molecule has 1 aliphatic rings. The van der Waals surface area contributed by atoms with Gasteiger partial charge in [-0.05, 0) is 71.2 Å². The minimum absolute atomic E-state index is 0.356. The number of benzene rings is 2. The van der Waals surface area contributed by atoms with Crippen LogP contribution in [0.4, 0.5) is 16.2 Å². The van der Waals surface area contributed by atoms with E-state index in [4.69, 9.17) is 4.74 Å². The highest BCUT2D eigenvalue weighted by atomic mass is 127. The summed E-state index contributed by atoms with van der Waals surface area (Å²) in [5.41, 5.74) is 2.72. The Kier molecular flexibility index (Phi) is 6.71. The van der Waals surface area contributed by atoms with Crippen LogP contribution in [0.2, 0.25) is 0 Å². The Hall–Kier alpha value is -2.09. The second-order valence-electron chi connectivity index (χ2n) is 6.69. The van der Waals surface area contributed by atoms with Gasteiger partial charge in [0, 0.05) is 3.57 Å². The van der Waals surface area contributed by atoms with Crippen LogP contribution in [-0.2, 0) is 4.74 Å². The van der Waals surface area contributed by atoms with E-state index >= 15 is 0 Å². The van der Waals surface area contributed by atoms with E-state index in [1.54, 1.807) is 6.07 Å². The number of hydrogen-bond donors (Lipinski definition) is 2. The molecule has 5 nitrogen and oxygen atoms in total. The van der Waals surface area contributed by atoms with Crippen molar-refractivity contribution in [3.8, 4) is 0 Å². The van der Waals surface area contributed by atoms with Crippen molar-refractivity contribution in [3.05, 3.63) is 57.2 Å². The molecule has 0 aromatic heterocycles. The number of amides is 2. The van der Waals surface area contributed by atoms with Gasteiger partial charge in [0.25, 0.3) is 0 Å². The third-order valence-corrected chi connectivity index (χ3v) is 5.84. The van der Waals surface area contributed by atoms with Crippen molar-refractivity contribution in [2.24, 2.45) is 0 Å². The average molecular weight is 478 g/mol. The first-order chi connectivity index (χ1) is 13.1. The lowest BCUT2D eigenvalue weighted by atomic mass is 9.83. The van der Waals surface area contributed by atoms with E-state index in [1.165, 1.54) is 26.4 Å². The third-order valence-electron chi connectivity index (χ3n) is 4.90. The molecule has 1 aliphatic carbocycles. The van der Waals surface area contributed by atoms with Crippen LogP contribution in [0.5, 0.6) is 0 Å². The highest BCUT2D eigenvalue weighted by molar-refractivity contribution is 14.1. The van der Waals surface area contributed by atoms with E-state index in [0.29, 0.717) is 17.2 Å². The maximum absolute atomic E-state index is 12.5. The number of hydrogen-bond acceptors (Lipinski definition) is 3. The Morgan fingerprint density at radius 2 is 1.70 bits per heavy atom. The van der Waals surface area contributed by atoms with Crippen molar-refractivity contribution < 1.29 is 14.3 Å². The summed E-state index contributed by atoms with van der Waals surface area (Å²) in [6.07, 6.45) is 6.01. The van der Waals surface area contributed by atoms with Gasteiger partial charge in [-0.2, -0.15) is 0 Å². The maximum Gasteiger partial charge on any atom is 0.339 e. The second-order valence-corrected chi connectivity index (χ2v) is 7.85. The SMILES string of the molecule is COC(=O)c1ccc(C2CCCCC2)cc1NC(=O)Nc1ccccc1I. The number of anilines is 2. The number of urea groups is 1. The van der Waals surface area contributed by atoms with Crippen LogP contribution in [-0.4, -0.2) is 19.1 Å². The summed E-state index contributed by atoms with van der Waals surface area (Å²) in [7, 11) is 1.34. The van der Waals surface area contributed by atoms with Gasteiger partial charge in [0.05, 0.1) is 24.0 Å². The molecule has 27 heavy (non-hydrogen) atoms. The zero-order chi connectivity index (χ0) is 19.2. The van der Waals surface area contributed by atoms with Crippen molar-refractivity contribution in [3.63, 3.8) is 0 Å². The highest BCUT2D eigenvalue weighted by Gasteiger charge is 2.20. The summed E-state index contributed by atoms with van der Waals surface area (Å²) in [4.78, 5) is 24.6. The molecule has 0 atom stereocenters. The Bertz CT molecular complexity index is 832. The van der Waals surface area contributed by atoms with E-state index in [-0.39, 0.29) is 6.03 Å². The molecule has 0 unspecified atom stereocenters. The first-order valence-corrected chi connectivity index (χ1v) is 10.2. The van der Waals surface area contributed by atoms with Gasteiger partial charge in [0.2, 0.25) is 0 Å². The number of ether oxygens (including phenoxy) is 1. The number of para-hydroxylation sites is 1. The molecule has 2 aromatic carbocycles. The van der Waals surface area contributed by atoms with Gasteiger partial charge >= 0.3 is 12.0 Å².